The predicted molar refractivity (Wildman–Crippen MR) is 69.3 cm³/mol. The molecule has 3 heteroatoms. The Balaban J connectivity index is 2.16. The lowest BCUT2D eigenvalue weighted by Gasteiger charge is -2.16. The van der Waals surface area contributed by atoms with E-state index in [0.29, 0.717) is 0 Å². The molecule has 1 aromatic rings. The van der Waals surface area contributed by atoms with Gasteiger partial charge in [0.2, 0.25) is 0 Å². The highest BCUT2D eigenvalue weighted by atomic mass is 16.3. The van der Waals surface area contributed by atoms with Crippen LogP contribution in [0.25, 0.3) is 0 Å². The number of aryl methyl sites for hydroxylation is 1. The lowest BCUT2D eigenvalue weighted by Crippen LogP contribution is -2.29. The Labute approximate surface area is 103 Å². The van der Waals surface area contributed by atoms with Crippen molar-refractivity contribution < 1.29 is 4.42 Å². The van der Waals surface area contributed by atoms with E-state index in [9.17, 15) is 0 Å². The van der Waals surface area contributed by atoms with Crippen molar-refractivity contribution in [2.45, 2.75) is 51.5 Å². The number of hydrogen-bond donors (Lipinski definition) is 2. The molecule has 0 spiro atoms. The Kier molecular flexibility index (Phi) is 4.40. The summed E-state index contributed by atoms with van der Waals surface area (Å²) in [5.41, 5.74) is 4.27. The minimum atomic E-state index is 0.0494. The summed E-state index contributed by atoms with van der Waals surface area (Å²) in [7, 11) is 0. The molecule has 1 aromatic heterocycles. The van der Waals surface area contributed by atoms with Crippen LogP contribution in [-0.4, -0.2) is 0 Å². The minimum absolute atomic E-state index is 0.0494. The second-order valence-corrected chi connectivity index (χ2v) is 4.64. The van der Waals surface area contributed by atoms with Crippen molar-refractivity contribution in [2.24, 2.45) is 5.84 Å². The van der Waals surface area contributed by atoms with Crippen molar-refractivity contribution in [2.75, 3.05) is 0 Å². The van der Waals surface area contributed by atoms with Gasteiger partial charge in [0, 0.05) is 6.42 Å². The lowest BCUT2D eigenvalue weighted by molar-refractivity contribution is 0.417. The monoisotopic (exact) mass is 234 g/mol. The summed E-state index contributed by atoms with van der Waals surface area (Å²) in [5.74, 6) is 7.65. The first-order valence-electron chi connectivity index (χ1n) is 6.58. The second kappa shape index (κ2) is 6.03. The van der Waals surface area contributed by atoms with E-state index in [2.05, 4.69) is 18.4 Å². The van der Waals surface area contributed by atoms with E-state index in [1.54, 1.807) is 0 Å². The maximum absolute atomic E-state index is 5.80. The van der Waals surface area contributed by atoms with Crippen molar-refractivity contribution in [1.82, 2.24) is 5.43 Å². The molecule has 0 amide bonds. The van der Waals surface area contributed by atoms with Crippen LogP contribution in [0.2, 0.25) is 0 Å². The normalized spacial score (nSPS) is 18.6. The topological polar surface area (TPSA) is 51.2 Å². The van der Waals surface area contributed by atoms with Crippen molar-refractivity contribution >= 4 is 0 Å². The summed E-state index contributed by atoms with van der Waals surface area (Å²) >= 11 is 0. The zero-order chi connectivity index (χ0) is 12.1. The summed E-state index contributed by atoms with van der Waals surface area (Å²) < 4.78 is 5.80. The van der Waals surface area contributed by atoms with Crippen LogP contribution in [0.5, 0.6) is 0 Å². The number of nitrogens with one attached hydrogen (secondary N) is 1. The van der Waals surface area contributed by atoms with Gasteiger partial charge in [0.25, 0.3) is 0 Å². The summed E-state index contributed by atoms with van der Waals surface area (Å²) in [6.07, 6.45) is 9.40. The number of allylic oxidation sites excluding steroid dienone is 1. The van der Waals surface area contributed by atoms with Crippen molar-refractivity contribution in [3.05, 3.63) is 35.3 Å². The first-order chi connectivity index (χ1) is 8.35. The third kappa shape index (κ3) is 2.99. The number of nitrogens with two attached hydrogens (primary N) is 1. The lowest BCUT2D eigenvalue weighted by atomic mass is 10.0. The Morgan fingerprint density at radius 1 is 1.35 bits per heavy atom. The molecule has 2 rings (SSSR count). The Bertz CT molecular complexity index is 381. The first kappa shape index (κ1) is 12.4. The maximum atomic E-state index is 5.80. The van der Waals surface area contributed by atoms with Crippen molar-refractivity contribution in [3.63, 3.8) is 0 Å². The summed E-state index contributed by atoms with van der Waals surface area (Å²) in [6, 6.07) is 4.12. The van der Waals surface area contributed by atoms with Gasteiger partial charge < -0.3 is 4.42 Å². The Hall–Kier alpha value is -1.06. The van der Waals surface area contributed by atoms with E-state index in [1.807, 2.05) is 12.1 Å². The Morgan fingerprint density at radius 3 is 2.94 bits per heavy atom. The van der Waals surface area contributed by atoms with Gasteiger partial charge in [-0.25, -0.2) is 5.43 Å². The van der Waals surface area contributed by atoms with Crippen LogP contribution in [0.1, 0.15) is 56.6 Å². The van der Waals surface area contributed by atoms with Crippen LogP contribution < -0.4 is 11.3 Å². The van der Waals surface area contributed by atoms with Gasteiger partial charge >= 0.3 is 0 Å². The van der Waals surface area contributed by atoms with Gasteiger partial charge in [-0.05, 0) is 43.4 Å². The highest BCUT2D eigenvalue weighted by Crippen LogP contribution is 2.29. The van der Waals surface area contributed by atoms with E-state index in [4.69, 9.17) is 10.3 Å². The number of furan rings is 1. The molecule has 0 bridgehead atoms. The number of rotatable bonds is 4. The molecule has 3 nitrogen and oxygen atoms in total. The molecule has 0 aromatic carbocycles. The maximum Gasteiger partial charge on any atom is 0.126 e. The van der Waals surface area contributed by atoms with Crippen LogP contribution in [0.4, 0.5) is 0 Å². The average molecular weight is 234 g/mol. The fourth-order valence-corrected chi connectivity index (χ4v) is 2.41. The molecular weight excluding hydrogens is 212 g/mol. The summed E-state index contributed by atoms with van der Waals surface area (Å²) in [6.45, 7) is 2.10. The van der Waals surface area contributed by atoms with Gasteiger partial charge in [-0.2, -0.15) is 0 Å². The SMILES string of the molecule is CCc1ccc(C(NN)C2=CCCCCC2)o1. The third-order valence-corrected chi connectivity index (χ3v) is 3.43. The van der Waals surface area contributed by atoms with Crippen LogP contribution in [0.15, 0.2) is 28.2 Å². The van der Waals surface area contributed by atoms with E-state index in [1.165, 1.54) is 24.8 Å². The molecule has 1 heterocycles. The van der Waals surface area contributed by atoms with Crippen molar-refractivity contribution in [1.29, 1.82) is 0 Å². The summed E-state index contributed by atoms with van der Waals surface area (Å²) in [4.78, 5) is 0. The van der Waals surface area contributed by atoms with Crippen molar-refractivity contribution in [3.8, 4) is 0 Å². The molecule has 0 saturated heterocycles. The van der Waals surface area contributed by atoms with Gasteiger partial charge in [-0.3, -0.25) is 5.84 Å². The fourth-order valence-electron chi connectivity index (χ4n) is 2.41. The van der Waals surface area contributed by atoms with Crippen LogP contribution in [0, 0.1) is 0 Å². The highest BCUT2D eigenvalue weighted by molar-refractivity contribution is 5.22. The van der Waals surface area contributed by atoms with E-state index in [-0.39, 0.29) is 6.04 Å². The molecule has 0 fully saturated rings. The molecule has 94 valence electrons. The molecule has 1 unspecified atom stereocenters. The van der Waals surface area contributed by atoms with E-state index in [0.717, 1.165) is 30.8 Å². The molecule has 1 aliphatic carbocycles. The number of hydrogen-bond acceptors (Lipinski definition) is 3. The van der Waals surface area contributed by atoms with Gasteiger partial charge in [-0.1, -0.05) is 19.4 Å². The quantitative estimate of drug-likeness (QED) is 0.477. The zero-order valence-corrected chi connectivity index (χ0v) is 10.5. The number of hydrazine groups is 1. The molecule has 3 N–H and O–H groups in total. The minimum Gasteiger partial charge on any atom is -0.464 e. The molecule has 1 aliphatic rings. The molecule has 1 atom stereocenters. The molecule has 0 radical (unpaired) electrons. The van der Waals surface area contributed by atoms with Crippen LogP contribution in [0.3, 0.4) is 0 Å². The second-order valence-electron chi connectivity index (χ2n) is 4.64. The third-order valence-electron chi connectivity index (χ3n) is 3.43. The predicted octanol–water partition coefficient (Wildman–Crippen LogP) is 3.24. The highest BCUT2D eigenvalue weighted by Gasteiger charge is 2.19. The average Bonchev–Trinajstić information content (AvgIpc) is 2.66. The zero-order valence-electron chi connectivity index (χ0n) is 10.5. The van der Waals surface area contributed by atoms with E-state index < -0.39 is 0 Å². The fraction of sp³-hybridized carbons (Fsp3) is 0.571. The van der Waals surface area contributed by atoms with Gasteiger partial charge in [0.05, 0.1) is 6.04 Å². The standard InChI is InChI=1S/C14H22N2O/c1-2-12-9-10-13(17-12)14(16-15)11-7-5-3-4-6-8-11/h7,9-10,14,16H,2-6,8,15H2,1H3. The Morgan fingerprint density at radius 2 is 2.24 bits per heavy atom. The first-order valence-corrected chi connectivity index (χ1v) is 6.58. The molecule has 17 heavy (non-hydrogen) atoms. The van der Waals surface area contributed by atoms with Crippen LogP contribution in [-0.2, 0) is 6.42 Å². The smallest absolute Gasteiger partial charge is 0.126 e. The largest absolute Gasteiger partial charge is 0.464 e. The molecule has 0 saturated carbocycles. The molecule has 0 aliphatic heterocycles. The van der Waals surface area contributed by atoms with Gasteiger partial charge in [0.1, 0.15) is 11.5 Å². The van der Waals surface area contributed by atoms with E-state index >= 15 is 0 Å². The van der Waals surface area contributed by atoms with Gasteiger partial charge in [0.15, 0.2) is 0 Å². The summed E-state index contributed by atoms with van der Waals surface area (Å²) in [5, 5.41) is 0. The van der Waals surface area contributed by atoms with Gasteiger partial charge in [-0.15, -0.1) is 0 Å². The van der Waals surface area contributed by atoms with Crippen LogP contribution >= 0.6 is 0 Å². The molecular formula is C14H22N2O.